The number of rotatable bonds is 2. The third-order valence-electron chi connectivity index (χ3n) is 10.2. The lowest BCUT2D eigenvalue weighted by molar-refractivity contribution is 0.645. The first kappa shape index (κ1) is 25.5. The second-order valence-electron chi connectivity index (χ2n) is 13.0. The van der Waals surface area contributed by atoms with Crippen molar-refractivity contribution in [1.82, 2.24) is 14.5 Å². The lowest BCUT2D eigenvalue weighted by Crippen LogP contribution is -2.23. The average Bonchev–Trinajstić information content (AvgIpc) is 3.44. The highest BCUT2D eigenvalue weighted by molar-refractivity contribution is 6.28. The molecule has 216 valence electrons. The van der Waals surface area contributed by atoms with E-state index < -0.39 is 0 Å². The molecule has 0 saturated carbocycles. The van der Waals surface area contributed by atoms with Crippen molar-refractivity contribution in [3.63, 3.8) is 0 Å². The minimum Gasteiger partial charge on any atom is -0.277 e. The number of hydrogen-bond donors (Lipinski definition) is 0. The van der Waals surface area contributed by atoms with E-state index in [0.717, 1.165) is 33.2 Å². The Labute approximate surface area is 266 Å². The topological polar surface area (TPSA) is 30.7 Å². The highest BCUT2D eigenvalue weighted by atomic mass is 15.2. The molecule has 0 atom stereocenters. The summed E-state index contributed by atoms with van der Waals surface area (Å²) in [4.78, 5) is 10.7. The van der Waals surface area contributed by atoms with Crippen LogP contribution in [0.5, 0.6) is 0 Å². The van der Waals surface area contributed by atoms with Crippen LogP contribution < -0.4 is 0 Å². The van der Waals surface area contributed by atoms with Gasteiger partial charge in [-0.3, -0.25) is 4.57 Å². The number of hydrogen-bond acceptors (Lipinski definition) is 2. The van der Waals surface area contributed by atoms with E-state index in [1.807, 2.05) is 0 Å². The number of benzene rings is 7. The standard InChI is InChI=1S/C43H29N3/c1-43(2)33-20-10-8-18-30(33)39-37-28(16-12-21-34(37)43)25-32-38-29-17-7-6-13-26(29)23-24-36(38)46(41(32)39)42-44-35-22-11-9-19-31(35)40(45-42)27-14-4-3-5-15-27/h3-25H,1-2H3. The third kappa shape index (κ3) is 3.32. The first-order chi connectivity index (χ1) is 22.6. The zero-order valence-electron chi connectivity index (χ0n) is 25.6. The molecular weight excluding hydrogens is 558 g/mol. The van der Waals surface area contributed by atoms with Crippen LogP contribution in [0.1, 0.15) is 25.0 Å². The molecule has 2 aromatic heterocycles. The summed E-state index contributed by atoms with van der Waals surface area (Å²) < 4.78 is 2.34. The molecule has 7 aromatic carbocycles. The number of aromatic nitrogens is 3. The Balaban J connectivity index is 1.47. The van der Waals surface area contributed by atoms with Gasteiger partial charge in [0.1, 0.15) is 0 Å². The molecule has 0 amide bonds. The van der Waals surface area contributed by atoms with E-state index in [2.05, 4.69) is 158 Å². The molecule has 46 heavy (non-hydrogen) atoms. The fourth-order valence-corrected chi connectivity index (χ4v) is 8.08. The summed E-state index contributed by atoms with van der Waals surface area (Å²) in [5.74, 6) is 0.684. The molecule has 3 heteroatoms. The Morgan fingerprint density at radius 3 is 2.15 bits per heavy atom. The van der Waals surface area contributed by atoms with E-state index in [-0.39, 0.29) is 5.41 Å². The largest absolute Gasteiger partial charge is 0.277 e. The maximum atomic E-state index is 5.43. The van der Waals surface area contributed by atoms with Crippen LogP contribution in [0.4, 0.5) is 0 Å². The molecule has 0 aliphatic heterocycles. The van der Waals surface area contributed by atoms with Crippen molar-refractivity contribution in [2.24, 2.45) is 0 Å². The number of fused-ring (bicyclic) bond motifs is 9. The molecule has 3 nitrogen and oxygen atoms in total. The minimum absolute atomic E-state index is 0.139. The van der Waals surface area contributed by atoms with Crippen LogP contribution in [0.25, 0.3) is 82.6 Å². The van der Waals surface area contributed by atoms with E-state index in [1.54, 1.807) is 0 Å². The number of para-hydroxylation sites is 1. The van der Waals surface area contributed by atoms with Crippen LogP contribution in [0, 0.1) is 0 Å². The fourth-order valence-electron chi connectivity index (χ4n) is 8.08. The van der Waals surface area contributed by atoms with Crippen molar-refractivity contribution in [2.75, 3.05) is 0 Å². The van der Waals surface area contributed by atoms with Gasteiger partial charge in [0.25, 0.3) is 0 Å². The Bertz CT molecular complexity index is 2720. The lowest BCUT2D eigenvalue weighted by Gasteiger charge is -2.35. The van der Waals surface area contributed by atoms with Crippen molar-refractivity contribution in [1.29, 1.82) is 0 Å². The number of nitrogens with zero attached hydrogens (tertiary/aromatic N) is 3. The van der Waals surface area contributed by atoms with Crippen molar-refractivity contribution in [3.05, 3.63) is 151 Å². The molecule has 10 rings (SSSR count). The summed E-state index contributed by atoms with van der Waals surface area (Å²) in [5.41, 5.74) is 10.3. The summed E-state index contributed by atoms with van der Waals surface area (Å²) in [6.07, 6.45) is 0. The van der Waals surface area contributed by atoms with Gasteiger partial charge in [-0.2, -0.15) is 0 Å². The molecule has 0 N–H and O–H groups in total. The van der Waals surface area contributed by atoms with Gasteiger partial charge in [0.05, 0.1) is 22.2 Å². The van der Waals surface area contributed by atoms with Gasteiger partial charge < -0.3 is 0 Å². The summed E-state index contributed by atoms with van der Waals surface area (Å²) >= 11 is 0. The zero-order valence-corrected chi connectivity index (χ0v) is 25.6. The van der Waals surface area contributed by atoms with Gasteiger partial charge in [0.2, 0.25) is 5.95 Å². The molecule has 0 saturated heterocycles. The molecule has 0 bridgehead atoms. The molecule has 0 fully saturated rings. The average molecular weight is 588 g/mol. The van der Waals surface area contributed by atoms with E-state index >= 15 is 0 Å². The van der Waals surface area contributed by atoms with Gasteiger partial charge >= 0.3 is 0 Å². The van der Waals surface area contributed by atoms with Gasteiger partial charge in [-0.15, -0.1) is 0 Å². The van der Waals surface area contributed by atoms with Crippen LogP contribution in [0.3, 0.4) is 0 Å². The summed E-state index contributed by atoms with van der Waals surface area (Å²) in [7, 11) is 0. The van der Waals surface area contributed by atoms with Gasteiger partial charge in [0.15, 0.2) is 0 Å². The summed E-state index contributed by atoms with van der Waals surface area (Å²) in [5, 5.41) is 8.54. The normalized spacial score (nSPS) is 13.6. The SMILES string of the molecule is CC1(C)c2ccccc2-c2c3c1cccc3cc1c3c4ccccc4ccc3n(-c3nc(-c4ccccc4)c4ccccc4n3)c21. The zero-order chi connectivity index (χ0) is 30.6. The van der Waals surface area contributed by atoms with E-state index in [1.165, 1.54) is 54.6 Å². The Morgan fingerprint density at radius 2 is 1.26 bits per heavy atom. The van der Waals surface area contributed by atoms with E-state index in [0.29, 0.717) is 5.95 Å². The van der Waals surface area contributed by atoms with E-state index in [4.69, 9.17) is 9.97 Å². The first-order valence-corrected chi connectivity index (χ1v) is 15.9. The molecule has 0 spiro atoms. The third-order valence-corrected chi connectivity index (χ3v) is 10.2. The van der Waals surface area contributed by atoms with E-state index in [9.17, 15) is 0 Å². The van der Waals surface area contributed by atoms with Crippen LogP contribution >= 0.6 is 0 Å². The second-order valence-corrected chi connectivity index (χ2v) is 13.0. The molecule has 2 heterocycles. The molecule has 1 aliphatic rings. The Hall–Kier alpha value is -5.80. The Kier molecular flexibility index (Phi) is 5.06. The molecule has 1 aliphatic carbocycles. The van der Waals surface area contributed by atoms with Crippen molar-refractivity contribution in [2.45, 2.75) is 19.3 Å². The van der Waals surface area contributed by atoms with Gasteiger partial charge in [-0.1, -0.05) is 135 Å². The summed E-state index contributed by atoms with van der Waals surface area (Å²) in [6, 6.07) is 50.3. The highest BCUT2D eigenvalue weighted by Crippen LogP contribution is 2.53. The first-order valence-electron chi connectivity index (χ1n) is 15.9. The maximum absolute atomic E-state index is 5.43. The minimum atomic E-state index is -0.139. The summed E-state index contributed by atoms with van der Waals surface area (Å²) in [6.45, 7) is 4.71. The smallest absolute Gasteiger partial charge is 0.235 e. The van der Waals surface area contributed by atoms with Crippen LogP contribution in [-0.2, 0) is 5.41 Å². The van der Waals surface area contributed by atoms with Crippen LogP contribution in [0.2, 0.25) is 0 Å². The predicted molar refractivity (Wildman–Crippen MR) is 192 cm³/mol. The van der Waals surface area contributed by atoms with Crippen LogP contribution in [0.15, 0.2) is 140 Å². The quantitative estimate of drug-likeness (QED) is 0.201. The Morgan fingerprint density at radius 1 is 0.543 bits per heavy atom. The maximum Gasteiger partial charge on any atom is 0.235 e. The van der Waals surface area contributed by atoms with Crippen molar-refractivity contribution in [3.8, 4) is 28.3 Å². The van der Waals surface area contributed by atoms with Crippen LogP contribution in [-0.4, -0.2) is 14.5 Å². The lowest BCUT2D eigenvalue weighted by atomic mass is 9.68. The molecule has 9 aromatic rings. The molecule has 0 unspecified atom stereocenters. The van der Waals surface area contributed by atoms with Gasteiger partial charge in [0, 0.05) is 32.7 Å². The fraction of sp³-hybridized carbons (Fsp3) is 0.0698. The predicted octanol–water partition coefficient (Wildman–Crippen LogP) is 11.0. The van der Waals surface area contributed by atoms with Crippen molar-refractivity contribution < 1.29 is 0 Å². The van der Waals surface area contributed by atoms with Gasteiger partial charge in [-0.25, -0.2) is 9.97 Å². The molecular formula is C43H29N3. The second kappa shape index (κ2) is 9.12. The van der Waals surface area contributed by atoms with Crippen molar-refractivity contribution >= 4 is 54.3 Å². The highest BCUT2D eigenvalue weighted by Gasteiger charge is 2.35. The monoisotopic (exact) mass is 587 g/mol. The molecule has 0 radical (unpaired) electrons. The van der Waals surface area contributed by atoms with Gasteiger partial charge in [-0.05, 0) is 56.4 Å².